The fourth-order valence-electron chi connectivity index (χ4n) is 1.59. The van der Waals surface area contributed by atoms with Gasteiger partial charge in [-0.3, -0.25) is 9.48 Å². The third-order valence-electron chi connectivity index (χ3n) is 2.74. The molecule has 0 aliphatic carbocycles. The lowest BCUT2D eigenvalue weighted by Gasteiger charge is -2.02. The maximum atomic E-state index is 12.1. The maximum absolute atomic E-state index is 12.1. The van der Waals surface area contributed by atoms with Gasteiger partial charge in [-0.25, -0.2) is 0 Å². The van der Waals surface area contributed by atoms with Crippen LogP contribution in [0.4, 0.5) is 0 Å². The average Bonchev–Trinajstić information content (AvgIpc) is 2.68. The van der Waals surface area contributed by atoms with E-state index in [1.54, 1.807) is 24.1 Å². The Morgan fingerprint density at radius 3 is 2.50 bits per heavy atom. The van der Waals surface area contributed by atoms with Crippen LogP contribution in [-0.2, 0) is 7.05 Å². The first-order chi connectivity index (χ1) is 7.58. The summed E-state index contributed by atoms with van der Waals surface area (Å²) in [5.41, 5.74) is 3.68. The highest BCUT2D eigenvalue weighted by Gasteiger charge is 2.11. The number of aryl methyl sites for hydroxylation is 3. The number of rotatable bonds is 2. The van der Waals surface area contributed by atoms with E-state index >= 15 is 0 Å². The van der Waals surface area contributed by atoms with Crippen molar-refractivity contribution in [2.75, 3.05) is 0 Å². The molecule has 0 saturated carbocycles. The molecular weight excluding hydrogens is 200 g/mol. The Bertz CT molecular complexity index is 541. The monoisotopic (exact) mass is 214 g/mol. The minimum absolute atomic E-state index is 0.0243. The second kappa shape index (κ2) is 3.93. The zero-order valence-electron chi connectivity index (χ0n) is 9.69. The van der Waals surface area contributed by atoms with Crippen molar-refractivity contribution in [2.24, 2.45) is 7.05 Å². The molecule has 0 spiro atoms. The molecule has 0 radical (unpaired) electrons. The van der Waals surface area contributed by atoms with Gasteiger partial charge in [0.05, 0.1) is 11.8 Å². The van der Waals surface area contributed by atoms with Gasteiger partial charge in [0.25, 0.3) is 0 Å². The molecule has 2 rings (SSSR count). The summed E-state index contributed by atoms with van der Waals surface area (Å²) < 4.78 is 1.63. The van der Waals surface area contributed by atoms with Crippen LogP contribution in [0.1, 0.15) is 27.0 Å². The number of hydrogen-bond acceptors (Lipinski definition) is 2. The van der Waals surface area contributed by atoms with Crippen molar-refractivity contribution in [1.82, 2.24) is 9.78 Å². The van der Waals surface area contributed by atoms with Crippen LogP contribution in [0.5, 0.6) is 0 Å². The Morgan fingerprint density at radius 1 is 1.19 bits per heavy atom. The third-order valence-corrected chi connectivity index (χ3v) is 2.74. The van der Waals surface area contributed by atoms with Gasteiger partial charge in [0.2, 0.25) is 0 Å². The fourth-order valence-corrected chi connectivity index (χ4v) is 1.59. The topological polar surface area (TPSA) is 34.9 Å². The van der Waals surface area contributed by atoms with Gasteiger partial charge in [-0.15, -0.1) is 0 Å². The summed E-state index contributed by atoms with van der Waals surface area (Å²) in [4.78, 5) is 12.1. The van der Waals surface area contributed by atoms with Gasteiger partial charge in [0.15, 0.2) is 5.78 Å². The average molecular weight is 214 g/mol. The summed E-state index contributed by atoms with van der Waals surface area (Å²) >= 11 is 0. The van der Waals surface area contributed by atoms with Crippen molar-refractivity contribution in [3.05, 3.63) is 52.8 Å². The van der Waals surface area contributed by atoms with Gasteiger partial charge in [0, 0.05) is 18.8 Å². The van der Waals surface area contributed by atoms with E-state index in [1.807, 2.05) is 32.0 Å². The van der Waals surface area contributed by atoms with E-state index in [9.17, 15) is 4.79 Å². The number of nitrogens with zero attached hydrogens (tertiary/aromatic N) is 2. The Morgan fingerprint density at radius 2 is 1.94 bits per heavy atom. The zero-order chi connectivity index (χ0) is 11.7. The quantitative estimate of drug-likeness (QED) is 0.719. The molecule has 0 atom stereocenters. The Balaban J connectivity index is 2.38. The van der Waals surface area contributed by atoms with E-state index in [0.717, 1.165) is 11.1 Å². The van der Waals surface area contributed by atoms with Crippen LogP contribution < -0.4 is 0 Å². The van der Waals surface area contributed by atoms with Crippen molar-refractivity contribution in [1.29, 1.82) is 0 Å². The summed E-state index contributed by atoms with van der Waals surface area (Å²) in [6, 6.07) is 5.75. The fraction of sp³-hybridized carbons (Fsp3) is 0.231. The highest BCUT2D eigenvalue weighted by atomic mass is 16.1. The number of aromatic nitrogens is 2. The van der Waals surface area contributed by atoms with Gasteiger partial charge in [-0.05, 0) is 31.0 Å². The minimum Gasteiger partial charge on any atom is -0.288 e. The van der Waals surface area contributed by atoms with Crippen LogP contribution in [0, 0.1) is 13.8 Å². The highest BCUT2D eigenvalue weighted by Crippen LogP contribution is 2.13. The van der Waals surface area contributed by atoms with Crippen molar-refractivity contribution in [3.63, 3.8) is 0 Å². The van der Waals surface area contributed by atoms with Crippen molar-refractivity contribution < 1.29 is 4.79 Å². The Hall–Kier alpha value is -1.90. The zero-order valence-corrected chi connectivity index (χ0v) is 9.69. The van der Waals surface area contributed by atoms with Crippen LogP contribution in [0.25, 0.3) is 0 Å². The summed E-state index contributed by atoms with van der Waals surface area (Å²) in [5.74, 6) is 0.0243. The molecule has 0 amide bonds. The highest BCUT2D eigenvalue weighted by molar-refractivity contribution is 6.08. The predicted octanol–water partition coefficient (Wildman–Crippen LogP) is 2.27. The first-order valence-corrected chi connectivity index (χ1v) is 5.18. The molecule has 2 aromatic rings. The number of carbonyl (C=O) groups excluding carboxylic acids is 1. The minimum atomic E-state index is 0.0243. The van der Waals surface area contributed by atoms with Gasteiger partial charge in [0.1, 0.15) is 0 Å². The molecule has 82 valence electrons. The number of ketones is 1. The lowest BCUT2D eigenvalue weighted by Crippen LogP contribution is -2.00. The molecule has 3 heteroatoms. The number of hydrogen-bond donors (Lipinski definition) is 0. The maximum Gasteiger partial charge on any atom is 0.196 e. The summed E-state index contributed by atoms with van der Waals surface area (Å²) in [5, 5.41) is 4.00. The normalized spacial score (nSPS) is 10.4. The van der Waals surface area contributed by atoms with E-state index in [0.29, 0.717) is 5.56 Å². The lowest BCUT2D eigenvalue weighted by molar-refractivity contribution is 0.103. The molecular formula is C13H14N2O. The molecule has 16 heavy (non-hydrogen) atoms. The molecule has 1 aromatic heterocycles. The van der Waals surface area contributed by atoms with Crippen LogP contribution in [0.3, 0.4) is 0 Å². The SMILES string of the molecule is Cc1ccc(C(=O)c2cnn(C)c2)cc1C. The second-order valence-electron chi connectivity index (χ2n) is 4.03. The lowest BCUT2D eigenvalue weighted by atomic mass is 10.0. The van der Waals surface area contributed by atoms with Crippen LogP contribution in [0.15, 0.2) is 30.6 Å². The standard InChI is InChI=1S/C13H14N2O/c1-9-4-5-11(6-10(9)2)13(16)12-7-14-15(3)8-12/h4-8H,1-3H3. The summed E-state index contributed by atoms with van der Waals surface area (Å²) in [6.07, 6.45) is 3.33. The smallest absolute Gasteiger partial charge is 0.196 e. The largest absolute Gasteiger partial charge is 0.288 e. The van der Waals surface area contributed by atoms with Gasteiger partial charge < -0.3 is 0 Å². The molecule has 0 fully saturated rings. The van der Waals surface area contributed by atoms with Gasteiger partial charge in [-0.2, -0.15) is 5.10 Å². The van der Waals surface area contributed by atoms with Crippen molar-refractivity contribution in [2.45, 2.75) is 13.8 Å². The van der Waals surface area contributed by atoms with Crippen molar-refractivity contribution in [3.8, 4) is 0 Å². The molecule has 0 bridgehead atoms. The first kappa shape index (κ1) is 10.6. The molecule has 0 unspecified atom stereocenters. The second-order valence-corrected chi connectivity index (χ2v) is 4.03. The van der Waals surface area contributed by atoms with Crippen LogP contribution in [0.2, 0.25) is 0 Å². The molecule has 1 heterocycles. The van der Waals surface area contributed by atoms with Crippen molar-refractivity contribution >= 4 is 5.78 Å². The molecule has 0 aliphatic heterocycles. The number of benzene rings is 1. The third kappa shape index (κ3) is 1.89. The molecule has 0 aliphatic rings. The van der Waals surface area contributed by atoms with Crippen LogP contribution >= 0.6 is 0 Å². The predicted molar refractivity (Wildman–Crippen MR) is 62.6 cm³/mol. The molecule has 1 aromatic carbocycles. The Kier molecular flexibility index (Phi) is 2.60. The van der Waals surface area contributed by atoms with E-state index < -0.39 is 0 Å². The van der Waals surface area contributed by atoms with E-state index in [4.69, 9.17) is 0 Å². The summed E-state index contributed by atoms with van der Waals surface area (Å²) in [7, 11) is 1.80. The van der Waals surface area contributed by atoms with E-state index in [1.165, 1.54) is 5.56 Å². The molecule has 0 saturated heterocycles. The van der Waals surface area contributed by atoms with E-state index in [-0.39, 0.29) is 5.78 Å². The van der Waals surface area contributed by atoms with Crippen LogP contribution in [-0.4, -0.2) is 15.6 Å². The van der Waals surface area contributed by atoms with Gasteiger partial charge in [-0.1, -0.05) is 12.1 Å². The number of carbonyl (C=O) groups is 1. The van der Waals surface area contributed by atoms with E-state index in [2.05, 4.69) is 5.10 Å². The Labute approximate surface area is 94.7 Å². The summed E-state index contributed by atoms with van der Waals surface area (Å²) in [6.45, 7) is 4.04. The van der Waals surface area contributed by atoms with Gasteiger partial charge >= 0.3 is 0 Å². The molecule has 3 nitrogen and oxygen atoms in total. The molecule has 0 N–H and O–H groups in total. The first-order valence-electron chi connectivity index (χ1n) is 5.18.